The summed E-state index contributed by atoms with van der Waals surface area (Å²) in [5.41, 5.74) is -0.761. The Morgan fingerprint density at radius 3 is 2.26 bits per heavy atom. The van der Waals surface area contributed by atoms with Crippen molar-refractivity contribution in [3.8, 4) is 0 Å². The predicted molar refractivity (Wildman–Crippen MR) is 142 cm³/mol. The van der Waals surface area contributed by atoms with Crippen molar-refractivity contribution in [3.05, 3.63) is 104 Å². The minimum atomic E-state index is -2.21. The minimum Gasteiger partial charge on any atom is -0.463 e. The Bertz CT molecular complexity index is 1720. The molecular formula is C27H17Cl2N3O7. The van der Waals surface area contributed by atoms with Crippen LogP contribution in [0.25, 0.3) is 11.0 Å². The Morgan fingerprint density at radius 2 is 1.59 bits per heavy atom. The summed E-state index contributed by atoms with van der Waals surface area (Å²) in [4.78, 5) is 83.1. The molecule has 3 aromatic carbocycles. The number of Topliss-reactive ketones (excluding diaryl/α,β-unsaturated/α-hetero) is 2. The molecule has 0 bridgehead atoms. The Morgan fingerprint density at radius 1 is 0.872 bits per heavy atom. The fourth-order valence-corrected chi connectivity index (χ4v) is 3.98. The molecule has 0 saturated heterocycles. The Hall–Kier alpha value is -4.67. The number of esters is 1. The maximum Gasteiger partial charge on any atom is 0.375 e. The minimum absolute atomic E-state index is 0.0722. The van der Waals surface area contributed by atoms with Crippen LogP contribution >= 0.6 is 23.2 Å². The summed E-state index contributed by atoms with van der Waals surface area (Å²) in [7, 11) is 0.904. The molecule has 4 rings (SSSR count). The maximum absolute atomic E-state index is 13.1. The first-order chi connectivity index (χ1) is 18.6. The van der Waals surface area contributed by atoms with Gasteiger partial charge in [-0.25, -0.2) is 9.78 Å². The number of halogens is 2. The van der Waals surface area contributed by atoms with Crippen LogP contribution in [0.2, 0.25) is 10.0 Å². The SMILES string of the molecule is COC(=O)C(=O)C(C(=O)C(=O)Nc1ccc(Cl)c(Cl)c1)c1nc2ccc(C(=O)c3ccccc3)cc2[nH]c1=O. The molecular weight excluding hydrogens is 549 g/mol. The first kappa shape index (κ1) is 27.4. The van der Waals surface area contributed by atoms with Crippen molar-refractivity contribution in [1.82, 2.24) is 9.97 Å². The van der Waals surface area contributed by atoms with Gasteiger partial charge >= 0.3 is 5.97 Å². The van der Waals surface area contributed by atoms with E-state index in [9.17, 15) is 28.8 Å². The van der Waals surface area contributed by atoms with Crippen molar-refractivity contribution in [2.24, 2.45) is 0 Å². The predicted octanol–water partition coefficient (Wildman–Crippen LogP) is 3.49. The van der Waals surface area contributed by atoms with Crippen molar-refractivity contribution in [3.63, 3.8) is 0 Å². The normalized spacial score (nSPS) is 11.5. The van der Waals surface area contributed by atoms with E-state index in [0.29, 0.717) is 5.56 Å². The van der Waals surface area contributed by atoms with Crippen molar-refractivity contribution >= 4 is 69.1 Å². The molecule has 0 aliphatic rings. The van der Waals surface area contributed by atoms with Gasteiger partial charge in [0.15, 0.2) is 5.78 Å². The Kier molecular flexibility index (Phi) is 7.99. The third-order valence-electron chi connectivity index (χ3n) is 5.60. The lowest BCUT2D eigenvalue weighted by atomic mass is 9.94. The van der Waals surface area contributed by atoms with E-state index in [1.807, 2.05) is 0 Å². The standard InChI is InChI=1S/C27H17Cl2N3O7/c1-39-27(38)24(35)20(23(34)26(37)30-15-8-9-16(28)17(29)12-15)21-25(36)32-19-11-14(7-10-18(19)31-21)22(33)13-5-3-2-4-6-13/h2-12,20H,1H3,(H,30,37)(H,32,36). The molecule has 1 atom stereocenters. The molecule has 0 spiro atoms. The van der Waals surface area contributed by atoms with Crippen LogP contribution in [0.3, 0.4) is 0 Å². The highest BCUT2D eigenvalue weighted by molar-refractivity contribution is 6.52. The van der Waals surface area contributed by atoms with Crippen molar-refractivity contribution < 1.29 is 28.7 Å². The molecule has 10 nitrogen and oxygen atoms in total. The van der Waals surface area contributed by atoms with Gasteiger partial charge < -0.3 is 15.0 Å². The number of fused-ring (bicyclic) bond motifs is 1. The van der Waals surface area contributed by atoms with E-state index in [0.717, 1.165) is 7.11 Å². The van der Waals surface area contributed by atoms with Crippen LogP contribution in [0.5, 0.6) is 0 Å². The first-order valence-electron chi connectivity index (χ1n) is 11.2. The van der Waals surface area contributed by atoms with Crippen LogP contribution in [-0.2, 0) is 23.9 Å². The molecule has 2 N–H and O–H groups in total. The van der Waals surface area contributed by atoms with Gasteiger partial charge in [0, 0.05) is 16.8 Å². The third kappa shape index (κ3) is 5.77. The van der Waals surface area contributed by atoms with Crippen molar-refractivity contribution in [2.45, 2.75) is 5.92 Å². The number of rotatable bonds is 8. The molecule has 0 aliphatic heterocycles. The van der Waals surface area contributed by atoms with Gasteiger partial charge in [-0.05, 0) is 36.4 Å². The van der Waals surface area contributed by atoms with Crippen LogP contribution in [0.15, 0.2) is 71.5 Å². The highest BCUT2D eigenvalue weighted by atomic mass is 35.5. The molecule has 1 aromatic heterocycles. The number of carbonyl (C=O) groups is 5. The molecule has 0 saturated carbocycles. The Labute approximate surface area is 229 Å². The number of hydrogen-bond acceptors (Lipinski definition) is 8. The smallest absolute Gasteiger partial charge is 0.375 e. The van der Waals surface area contributed by atoms with E-state index in [-0.39, 0.29) is 38.1 Å². The molecule has 0 radical (unpaired) electrons. The van der Waals surface area contributed by atoms with Gasteiger partial charge in [0.25, 0.3) is 17.2 Å². The molecule has 4 aromatic rings. The topological polar surface area (TPSA) is 152 Å². The van der Waals surface area contributed by atoms with Crippen LogP contribution in [-0.4, -0.2) is 46.3 Å². The number of benzene rings is 3. The molecule has 39 heavy (non-hydrogen) atoms. The second-order valence-corrected chi connectivity index (χ2v) is 8.93. The first-order valence-corrected chi connectivity index (χ1v) is 11.9. The molecule has 12 heteroatoms. The third-order valence-corrected chi connectivity index (χ3v) is 6.34. The van der Waals surface area contributed by atoms with E-state index in [1.165, 1.54) is 36.4 Å². The number of carbonyl (C=O) groups excluding carboxylic acids is 5. The van der Waals surface area contributed by atoms with Crippen LogP contribution in [0.4, 0.5) is 5.69 Å². The van der Waals surface area contributed by atoms with Gasteiger partial charge in [-0.3, -0.25) is 24.0 Å². The molecule has 0 aliphatic carbocycles. The van der Waals surface area contributed by atoms with E-state index in [1.54, 1.807) is 30.3 Å². The number of ketones is 3. The van der Waals surface area contributed by atoms with Crippen LogP contribution in [0.1, 0.15) is 27.5 Å². The molecule has 1 amide bonds. The zero-order valence-electron chi connectivity index (χ0n) is 20.0. The lowest BCUT2D eigenvalue weighted by molar-refractivity contribution is -0.154. The molecule has 0 fully saturated rings. The number of aromatic nitrogens is 2. The highest BCUT2D eigenvalue weighted by Gasteiger charge is 2.40. The second-order valence-electron chi connectivity index (χ2n) is 8.11. The van der Waals surface area contributed by atoms with Crippen LogP contribution in [0, 0.1) is 0 Å². The number of anilines is 1. The summed E-state index contributed by atoms with van der Waals surface area (Å²) in [5.74, 6) is -8.21. The fourth-order valence-electron chi connectivity index (χ4n) is 3.68. The zero-order chi connectivity index (χ0) is 28.3. The average Bonchev–Trinajstić information content (AvgIpc) is 2.94. The van der Waals surface area contributed by atoms with E-state index >= 15 is 0 Å². The van der Waals surface area contributed by atoms with Gasteiger partial charge in [0.05, 0.1) is 28.2 Å². The summed E-state index contributed by atoms with van der Waals surface area (Å²) in [6.07, 6.45) is 0. The van der Waals surface area contributed by atoms with Gasteiger partial charge in [0.2, 0.25) is 5.78 Å². The van der Waals surface area contributed by atoms with Gasteiger partial charge in [-0.2, -0.15) is 0 Å². The summed E-state index contributed by atoms with van der Waals surface area (Å²) in [5, 5.41) is 2.53. The van der Waals surface area contributed by atoms with E-state index < -0.39 is 40.6 Å². The van der Waals surface area contributed by atoms with Crippen LogP contribution < -0.4 is 10.9 Å². The maximum atomic E-state index is 13.1. The van der Waals surface area contributed by atoms with Gasteiger partial charge in [-0.1, -0.05) is 53.5 Å². The summed E-state index contributed by atoms with van der Waals surface area (Å²) < 4.78 is 4.42. The van der Waals surface area contributed by atoms with Gasteiger partial charge in [0.1, 0.15) is 11.6 Å². The molecule has 196 valence electrons. The van der Waals surface area contributed by atoms with E-state index in [4.69, 9.17) is 23.2 Å². The number of ether oxygens (including phenoxy) is 1. The summed E-state index contributed by atoms with van der Waals surface area (Å²) in [6, 6.07) is 16.7. The molecule has 1 heterocycles. The highest BCUT2D eigenvalue weighted by Crippen LogP contribution is 2.26. The Balaban J connectivity index is 1.73. The van der Waals surface area contributed by atoms with Crippen molar-refractivity contribution in [1.29, 1.82) is 0 Å². The number of H-pyrrole nitrogens is 1. The number of nitrogens with zero attached hydrogens (tertiary/aromatic N) is 1. The van der Waals surface area contributed by atoms with Crippen molar-refractivity contribution in [2.75, 3.05) is 12.4 Å². The monoisotopic (exact) mass is 565 g/mol. The lowest BCUT2D eigenvalue weighted by Crippen LogP contribution is -2.39. The summed E-state index contributed by atoms with van der Waals surface area (Å²) in [6.45, 7) is 0. The number of aromatic amines is 1. The number of nitrogens with one attached hydrogen (secondary N) is 2. The second kappa shape index (κ2) is 11.4. The quantitative estimate of drug-likeness (QED) is 0.142. The molecule has 1 unspecified atom stereocenters. The zero-order valence-corrected chi connectivity index (χ0v) is 21.5. The number of methoxy groups -OCH3 is 1. The van der Waals surface area contributed by atoms with Gasteiger partial charge in [-0.15, -0.1) is 0 Å². The van der Waals surface area contributed by atoms with E-state index in [2.05, 4.69) is 20.0 Å². The lowest BCUT2D eigenvalue weighted by Gasteiger charge is -2.13. The largest absolute Gasteiger partial charge is 0.463 e. The number of hydrogen-bond donors (Lipinski definition) is 2. The average molecular weight is 566 g/mol. The fraction of sp³-hybridized carbons (Fsp3) is 0.0741. The summed E-state index contributed by atoms with van der Waals surface area (Å²) >= 11 is 11.8. The number of amides is 1.